The minimum Gasteiger partial charge on any atom is -0.465 e. The second-order valence-corrected chi connectivity index (χ2v) is 10.5. The van der Waals surface area contributed by atoms with Crippen molar-refractivity contribution in [3.8, 4) is 0 Å². The Bertz CT molecular complexity index is 1030. The first-order valence-corrected chi connectivity index (χ1v) is 13.5. The Labute approximate surface area is 234 Å². The summed E-state index contributed by atoms with van der Waals surface area (Å²) in [6, 6.07) is 8.86. The monoisotopic (exact) mass is 566 g/mol. The van der Waals surface area contributed by atoms with Gasteiger partial charge >= 0.3 is 24.0 Å². The van der Waals surface area contributed by atoms with Crippen LogP contribution in [0.4, 0.5) is 13.6 Å². The second kappa shape index (κ2) is 14.2. The number of alkyl halides is 2. The Kier molecular flexibility index (Phi) is 11.6. The number of hydrogen-bond donors (Lipinski definition) is 0. The second-order valence-electron chi connectivity index (χ2n) is 10.5. The summed E-state index contributed by atoms with van der Waals surface area (Å²) in [4.78, 5) is 53.4. The zero-order valence-corrected chi connectivity index (χ0v) is 23.9. The van der Waals surface area contributed by atoms with Crippen LogP contribution in [0, 0.1) is 5.41 Å². The summed E-state index contributed by atoms with van der Waals surface area (Å²) < 4.78 is 45.7. The van der Waals surface area contributed by atoms with Crippen LogP contribution in [0.25, 0.3) is 6.08 Å². The van der Waals surface area contributed by atoms with Crippen LogP contribution >= 0.6 is 0 Å². The molecule has 2 amide bonds. The van der Waals surface area contributed by atoms with Gasteiger partial charge in [0, 0.05) is 32.6 Å². The highest BCUT2D eigenvalue weighted by molar-refractivity contribution is 6.03. The predicted octanol–water partition coefficient (Wildman–Crippen LogP) is 4.70. The Morgan fingerprint density at radius 1 is 0.850 bits per heavy atom. The van der Waals surface area contributed by atoms with Crippen LogP contribution in [0.1, 0.15) is 59.4 Å². The lowest BCUT2D eigenvalue weighted by Gasteiger charge is -2.37. The lowest BCUT2D eigenvalue weighted by molar-refractivity contribution is -0.169. The quantitative estimate of drug-likeness (QED) is 0.217. The van der Waals surface area contributed by atoms with Gasteiger partial charge < -0.3 is 24.0 Å². The normalized spacial score (nSPS) is 14.7. The Morgan fingerprint density at radius 2 is 1.38 bits per heavy atom. The van der Waals surface area contributed by atoms with E-state index in [1.54, 1.807) is 71.0 Å². The third kappa shape index (κ3) is 9.02. The largest absolute Gasteiger partial charge is 0.465 e. The van der Waals surface area contributed by atoms with Gasteiger partial charge in [0.1, 0.15) is 5.60 Å². The molecule has 40 heavy (non-hydrogen) atoms. The van der Waals surface area contributed by atoms with Crippen LogP contribution < -0.4 is 0 Å². The van der Waals surface area contributed by atoms with Crippen LogP contribution in [-0.2, 0) is 28.6 Å². The molecule has 1 fully saturated rings. The third-order valence-electron chi connectivity index (χ3n) is 6.23. The minimum absolute atomic E-state index is 0.0247. The molecule has 1 aliphatic heterocycles. The fourth-order valence-electron chi connectivity index (χ4n) is 4.18. The van der Waals surface area contributed by atoms with Crippen molar-refractivity contribution in [2.24, 2.45) is 5.41 Å². The number of piperazine rings is 1. The van der Waals surface area contributed by atoms with E-state index in [0.717, 1.165) is 4.90 Å². The molecule has 0 aromatic heterocycles. The van der Waals surface area contributed by atoms with Gasteiger partial charge in [0.25, 0.3) is 5.91 Å². The molecule has 0 atom stereocenters. The van der Waals surface area contributed by atoms with Crippen molar-refractivity contribution in [2.45, 2.75) is 65.4 Å². The number of amides is 2. The summed E-state index contributed by atoms with van der Waals surface area (Å²) in [6.07, 6.45) is 0.730. The molecular weight excluding hydrogens is 526 g/mol. The van der Waals surface area contributed by atoms with E-state index < -0.39 is 47.3 Å². The fraction of sp³-hybridized carbons (Fsp3) is 0.586. The number of nitrogens with zero attached hydrogens (tertiary/aromatic N) is 2. The molecule has 1 aliphatic rings. The van der Waals surface area contributed by atoms with Gasteiger partial charge in [0.05, 0.1) is 13.2 Å². The number of halogens is 2. The lowest BCUT2D eigenvalue weighted by Crippen LogP contribution is -2.55. The van der Waals surface area contributed by atoms with Crippen LogP contribution in [0.15, 0.2) is 36.4 Å². The number of esters is 2. The summed E-state index contributed by atoms with van der Waals surface area (Å²) in [5.74, 6) is -6.93. The smallest absolute Gasteiger partial charge is 0.410 e. The van der Waals surface area contributed by atoms with E-state index >= 15 is 8.78 Å². The van der Waals surface area contributed by atoms with Crippen molar-refractivity contribution in [3.63, 3.8) is 0 Å². The highest BCUT2D eigenvalue weighted by Gasteiger charge is 2.48. The number of carbonyl (C=O) groups excluding carboxylic acids is 4. The van der Waals surface area contributed by atoms with E-state index in [9.17, 15) is 19.2 Å². The molecule has 0 unspecified atom stereocenters. The minimum atomic E-state index is -3.74. The molecule has 0 aliphatic carbocycles. The average Bonchev–Trinajstić information content (AvgIpc) is 2.90. The van der Waals surface area contributed by atoms with Crippen molar-refractivity contribution in [1.82, 2.24) is 9.80 Å². The molecule has 0 bridgehead atoms. The summed E-state index contributed by atoms with van der Waals surface area (Å²) in [6.45, 7) is 8.27. The predicted molar refractivity (Wildman–Crippen MR) is 144 cm³/mol. The van der Waals surface area contributed by atoms with E-state index in [-0.39, 0.29) is 52.2 Å². The van der Waals surface area contributed by atoms with Gasteiger partial charge in [0.2, 0.25) is 0 Å². The average molecular weight is 567 g/mol. The number of ether oxygens (including phenoxy) is 3. The maximum atomic E-state index is 15.1. The van der Waals surface area contributed by atoms with Crippen LogP contribution in [0.5, 0.6) is 0 Å². The van der Waals surface area contributed by atoms with Gasteiger partial charge in [-0.15, -0.1) is 0 Å². The molecule has 222 valence electrons. The third-order valence-corrected chi connectivity index (χ3v) is 6.23. The van der Waals surface area contributed by atoms with Crippen molar-refractivity contribution >= 4 is 30.0 Å². The van der Waals surface area contributed by atoms with Crippen molar-refractivity contribution in [1.29, 1.82) is 0 Å². The van der Waals surface area contributed by atoms with Crippen LogP contribution in [0.2, 0.25) is 0 Å². The standard InChI is InChI=1S/C29H40F2N2O7/c1-6-38-24(35)28(25(36)39-7-2,17-14-22-12-9-8-10-13-22)15-11-16-29(30,31)23(34)32-18-20-33(21-19-32)26(37)40-27(3,4)5/h8-10,12-14,17H,6-7,11,15-16,18-21H2,1-5H3/b17-14+. The van der Waals surface area contributed by atoms with Crippen LogP contribution in [0.3, 0.4) is 0 Å². The van der Waals surface area contributed by atoms with Crippen molar-refractivity contribution in [3.05, 3.63) is 42.0 Å². The van der Waals surface area contributed by atoms with Crippen molar-refractivity contribution in [2.75, 3.05) is 39.4 Å². The number of hydrogen-bond acceptors (Lipinski definition) is 7. The van der Waals surface area contributed by atoms with Crippen LogP contribution in [-0.4, -0.2) is 84.7 Å². The highest BCUT2D eigenvalue weighted by atomic mass is 19.3. The maximum Gasteiger partial charge on any atom is 0.410 e. The topological polar surface area (TPSA) is 102 Å². The molecule has 0 saturated carbocycles. The van der Waals surface area contributed by atoms with Gasteiger partial charge in [-0.25, -0.2) is 4.79 Å². The molecule has 9 nitrogen and oxygen atoms in total. The molecule has 1 aromatic rings. The molecule has 0 radical (unpaired) electrons. The first kappa shape index (κ1) is 32.7. The lowest BCUT2D eigenvalue weighted by atomic mass is 9.81. The Balaban J connectivity index is 2.13. The zero-order valence-electron chi connectivity index (χ0n) is 23.9. The van der Waals surface area contributed by atoms with Gasteiger partial charge in [0.15, 0.2) is 5.41 Å². The molecule has 0 N–H and O–H groups in total. The zero-order chi connectivity index (χ0) is 30.0. The fourth-order valence-corrected chi connectivity index (χ4v) is 4.18. The van der Waals surface area contributed by atoms with E-state index in [4.69, 9.17) is 14.2 Å². The summed E-state index contributed by atoms with van der Waals surface area (Å²) >= 11 is 0. The summed E-state index contributed by atoms with van der Waals surface area (Å²) in [7, 11) is 0. The van der Waals surface area contributed by atoms with Gasteiger partial charge in [-0.2, -0.15) is 8.78 Å². The van der Waals surface area contributed by atoms with Gasteiger partial charge in [-0.1, -0.05) is 42.5 Å². The molecule has 1 saturated heterocycles. The highest BCUT2D eigenvalue weighted by Crippen LogP contribution is 2.35. The Morgan fingerprint density at radius 3 is 1.88 bits per heavy atom. The SMILES string of the molecule is CCOC(=O)C(/C=C/c1ccccc1)(CCCC(F)(F)C(=O)N1CCN(C(=O)OC(C)(C)C)CC1)C(=O)OCC. The number of carbonyl (C=O) groups is 4. The van der Waals surface area contributed by atoms with Crippen molar-refractivity contribution < 1.29 is 42.2 Å². The van der Waals surface area contributed by atoms with E-state index in [2.05, 4.69) is 0 Å². The first-order chi connectivity index (χ1) is 18.8. The molecule has 1 heterocycles. The first-order valence-electron chi connectivity index (χ1n) is 13.5. The summed E-state index contributed by atoms with van der Waals surface area (Å²) in [5, 5.41) is 0. The molecule has 1 aromatic carbocycles. The Hall–Kier alpha value is -3.50. The molecule has 0 spiro atoms. The maximum absolute atomic E-state index is 15.1. The molecule has 11 heteroatoms. The summed E-state index contributed by atoms with van der Waals surface area (Å²) in [5.41, 5.74) is -1.97. The molecule has 2 rings (SSSR count). The molecular formula is C29H40F2N2O7. The van der Waals surface area contributed by atoms with Gasteiger partial charge in [-0.05, 0) is 53.0 Å². The van der Waals surface area contributed by atoms with E-state index in [1.807, 2.05) is 0 Å². The number of rotatable bonds is 11. The van der Waals surface area contributed by atoms with E-state index in [0.29, 0.717) is 5.56 Å². The number of benzene rings is 1. The van der Waals surface area contributed by atoms with E-state index in [1.165, 1.54) is 11.0 Å². The van der Waals surface area contributed by atoms with Gasteiger partial charge in [-0.3, -0.25) is 14.4 Å².